The molecule has 0 radical (unpaired) electrons. The standard InChI is InChI=1S/C20H25N7O/c1-16(28)21-7-8-27-20-18(13-24-27)19(22-15-23-20)26-11-9-25(10-12-26)14-17-5-3-2-4-6-17/h2-6,13,15H,7-12,14H2,1H3,(H,21,28). The number of fused-ring (bicyclic) bond motifs is 1. The van der Waals surface area contributed by atoms with E-state index in [-0.39, 0.29) is 5.91 Å². The van der Waals surface area contributed by atoms with Crippen LogP contribution in [0, 0.1) is 0 Å². The van der Waals surface area contributed by atoms with Gasteiger partial charge >= 0.3 is 0 Å². The summed E-state index contributed by atoms with van der Waals surface area (Å²) in [7, 11) is 0. The Balaban J connectivity index is 1.42. The summed E-state index contributed by atoms with van der Waals surface area (Å²) in [4.78, 5) is 24.8. The van der Waals surface area contributed by atoms with Crippen molar-refractivity contribution in [1.82, 2.24) is 30.0 Å². The third-order valence-electron chi connectivity index (χ3n) is 5.03. The van der Waals surface area contributed by atoms with Crippen LogP contribution in [0.25, 0.3) is 11.0 Å². The van der Waals surface area contributed by atoms with E-state index in [0.29, 0.717) is 13.1 Å². The van der Waals surface area contributed by atoms with Gasteiger partial charge < -0.3 is 10.2 Å². The molecule has 4 rings (SSSR count). The summed E-state index contributed by atoms with van der Waals surface area (Å²) in [6.45, 7) is 7.46. The number of hydrogen-bond donors (Lipinski definition) is 1. The predicted molar refractivity (Wildman–Crippen MR) is 108 cm³/mol. The minimum atomic E-state index is -0.0415. The number of nitrogens with one attached hydrogen (secondary N) is 1. The van der Waals surface area contributed by atoms with Crippen molar-refractivity contribution in [3.8, 4) is 0 Å². The first-order chi connectivity index (χ1) is 13.7. The van der Waals surface area contributed by atoms with E-state index in [1.54, 1.807) is 6.33 Å². The normalized spacial score (nSPS) is 15.1. The highest BCUT2D eigenvalue weighted by Gasteiger charge is 2.21. The van der Waals surface area contributed by atoms with Crippen molar-refractivity contribution in [3.63, 3.8) is 0 Å². The molecule has 28 heavy (non-hydrogen) atoms. The number of nitrogens with zero attached hydrogens (tertiary/aromatic N) is 6. The van der Waals surface area contributed by atoms with Crippen LogP contribution >= 0.6 is 0 Å². The topological polar surface area (TPSA) is 79.2 Å². The average Bonchev–Trinajstić information content (AvgIpc) is 3.12. The molecular formula is C20H25N7O. The van der Waals surface area contributed by atoms with Crippen molar-refractivity contribution < 1.29 is 4.79 Å². The van der Waals surface area contributed by atoms with Crippen molar-refractivity contribution in [1.29, 1.82) is 0 Å². The zero-order chi connectivity index (χ0) is 19.3. The van der Waals surface area contributed by atoms with E-state index in [1.807, 2.05) is 10.9 Å². The van der Waals surface area contributed by atoms with Gasteiger partial charge in [-0.05, 0) is 5.56 Å². The molecule has 1 amide bonds. The summed E-state index contributed by atoms with van der Waals surface area (Å²) in [5.74, 6) is 0.898. The van der Waals surface area contributed by atoms with E-state index in [9.17, 15) is 4.79 Å². The Hall–Kier alpha value is -3.00. The molecule has 2 aromatic heterocycles. The van der Waals surface area contributed by atoms with Gasteiger partial charge in [-0.15, -0.1) is 0 Å². The summed E-state index contributed by atoms with van der Waals surface area (Å²) >= 11 is 0. The number of hydrogen-bond acceptors (Lipinski definition) is 6. The zero-order valence-electron chi connectivity index (χ0n) is 16.1. The molecule has 0 spiro atoms. The third-order valence-corrected chi connectivity index (χ3v) is 5.03. The Morgan fingerprint density at radius 1 is 1.11 bits per heavy atom. The highest BCUT2D eigenvalue weighted by atomic mass is 16.1. The van der Waals surface area contributed by atoms with Gasteiger partial charge in [0, 0.05) is 46.2 Å². The quantitative estimate of drug-likeness (QED) is 0.695. The Morgan fingerprint density at radius 2 is 1.89 bits per heavy atom. The van der Waals surface area contributed by atoms with Crippen molar-refractivity contribution in [2.24, 2.45) is 0 Å². The molecule has 1 aliphatic rings. The lowest BCUT2D eigenvalue weighted by Crippen LogP contribution is -2.46. The van der Waals surface area contributed by atoms with Gasteiger partial charge in [0.05, 0.1) is 18.1 Å². The predicted octanol–water partition coefficient (Wildman–Crippen LogP) is 1.28. The van der Waals surface area contributed by atoms with Crippen molar-refractivity contribution in [2.45, 2.75) is 20.0 Å². The van der Waals surface area contributed by atoms with Crippen LogP contribution in [0.5, 0.6) is 0 Å². The maximum atomic E-state index is 11.1. The molecule has 0 bridgehead atoms. The Morgan fingerprint density at radius 3 is 2.64 bits per heavy atom. The lowest BCUT2D eigenvalue weighted by Gasteiger charge is -2.35. The van der Waals surface area contributed by atoms with Gasteiger partial charge in [0.1, 0.15) is 12.1 Å². The van der Waals surface area contributed by atoms with Crippen molar-refractivity contribution in [2.75, 3.05) is 37.6 Å². The van der Waals surface area contributed by atoms with Crippen LogP contribution in [-0.4, -0.2) is 63.3 Å². The summed E-state index contributed by atoms with van der Waals surface area (Å²) < 4.78 is 1.82. The molecule has 1 saturated heterocycles. The average molecular weight is 379 g/mol. The molecule has 1 fully saturated rings. The summed E-state index contributed by atoms with van der Waals surface area (Å²) in [5, 5.41) is 8.20. The van der Waals surface area contributed by atoms with Gasteiger partial charge in [-0.25, -0.2) is 14.6 Å². The Kier molecular flexibility index (Phi) is 5.48. The van der Waals surface area contributed by atoms with Crippen molar-refractivity contribution >= 4 is 22.8 Å². The molecule has 1 aliphatic heterocycles. The van der Waals surface area contributed by atoms with Gasteiger partial charge in [-0.2, -0.15) is 5.10 Å². The number of rotatable bonds is 6. The van der Waals surface area contributed by atoms with Gasteiger partial charge in [0.2, 0.25) is 5.91 Å². The smallest absolute Gasteiger partial charge is 0.216 e. The maximum Gasteiger partial charge on any atom is 0.216 e. The minimum absolute atomic E-state index is 0.0415. The summed E-state index contributed by atoms with van der Waals surface area (Å²) in [6.07, 6.45) is 3.43. The van der Waals surface area contributed by atoms with Crippen LogP contribution in [0.2, 0.25) is 0 Å². The van der Waals surface area contributed by atoms with Crippen LogP contribution in [0.1, 0.15) is 12.5 Å². The fourth-order valence-electron chi connectivity index (χ4n) is 3.59. The highest BCUT2D eigenvalue weighted by molar-refractivity contribution is 5.86. The van der Waals surface area contributed by atoms with E-state index in [4.69, 9.17) is 0 Å². The first-order valence-electron chi connectivity index (χ1n) is 9.63. The van der Waals surface area contributed by atoms with Gasteiger partial charge in [0.25, 0.3) is 0 Å². The second-order valence-corrected chi connectivity index (χ2v) is 7.03. The molecule has 146 valence electrons. The van der Waals surface area contributed by atoms with Crippen LogP contribution in [0.4, 0.5) is 5.82 Å². The number of piperazine rings is 1. The molecule has 0 aliphatic carbocycles. The van der Waals surface area contributed by atoms with Crippen LogP contribution < -0.4 is 10.2 Å². The number of aromatic nitrogens is 4. The second kappa shape index (κ2) is 8.35. The second-order valence-electron chi connectivity index (χ2n) is 7.03. The lowest BCUT2D eigenvalue weighted by molar-refractivity contribution is -0.118. The van der Waals surface area contributed by atoms with Crippen LogP contribution in [0.15, 0.2) is 42.9 Å². The number of carbonyl (C=O) groups excluding carboxylic acids is 1. The monoisotopic (exact) mass is 379 g/mol. The molecule has 0 unspecified atom stereocenters. The van der Waals surface area contributed by atoms with E-state index < -0.39 is 0 Å². The van der Waals surface area contributed by atoms with Crippen LogP contribution in [0.3, 0.4) is 0 Å². The van der Waals surface area contributed by atoms with E-state index in [0.717, 1.165) is 49.6 Å². The fourth-order valence-corrected chi connectivity index (χ4v) is 3.59. The first kappa shape index (κ1) is 18.4. The van der Waals surface area contributed by atoms with E-state index in [2.05, 4.69) is 60.5 Å². The molecule has 3 aromatic rings. The lowest BCUT2D eigenvalue weighted by atomic mass is 10.2. The highest BCUT2D eigenvalue weighted by Crippen LogP contribution is 2.24. The molecule has 8 heteroatoms. The van der Waals surface area contributed by atoms with E-state index in [1.165, 1.54) is 12.5 Å². The SMILES string of the molecule is CC(=O)NCCn1ncc2c(N3CCN(Cc4ccccc4)CC3)ncnc21. The zero-order valence-corrected chi connectivity index (χ0v) is 16.1. The molecule has 0 saturated carbocycles. The Labute approximate surface area is 164 Å². The minimum Gasteiger partial charge on any atom is -0.354 e. The number of amides is 1. The largest absolute Gasteiger partial charge is 0.354 e. The third kappa shape index (κ3) is 4.12. The summed E-state index contributed by atoms with van der Waals surface area (Å²) in [6, 6.07) is 10.6. The molecule has 1 N–H and O–H groups in total. The van der Waals surface area contributed by atoms with Gasteiger partial charge in [-0.3, -0.25) is 9.69 Å². The maximum absolute atomic E-state index is 11.1. The van der Waals surface area contributed by atoms with Gasteiger partial charge in [-0.1, -0.05) is 30.3 Å². The molecule has 0 atom stereocenters. The molecule has 8 nitrogen and oxygen atoms in total. The Bertz CT molecular complexity index is 932. The first-order valence-corrected chi connectivity index (χ1v) is 9.63. The van der Waals surface area contributed by atoms with Gasteiger partial charge in [0.15, 0.2) is 5.65 Å². The van der Waals surface area contributed by atoms with Crippen molar-refractivity contribution in [3.05, 3.63) is 48.4 Å². The number of benzene rings is 1. The fraction of sp³-hybridized carbons (Fsp3) is 0.400. The number of anilines is 1. The molecule has 1 aromatic carbocycles. The molecular weight excluding hydrogens is 354 g/mol. The van der Waals surface area contributed by atoms with Crippen LogP contribution in [-0.2, 0) is 17.9 Å². The number of carbonyl (C=O) groups is 1. The molecule has 3 heterocycles. The van der Waals surface area contributed by atoms with E-state index >= 15 is 0 Å². The summed E-state index contributed by atoms with van der Waals surface area (Å²) in [5.41, 5.74) is 2.16.